The molecule has 0 fully saturated rings. The predicted molar refractivity (Wildman–Crippen MR) is 576 cm³/mol. The second-order valence-corrected chi connectivity index (χ2v) is 36.9. The molecule has 0 atom stereocenters. The Morgan fingerprint density at radius 2 is 0.504 bits per heavy atom. The number of para-hydroxylation sites is 4. The van der Waals surface area contributed by atoms with Crippen LogP contribution in [0.1, 0.15) is 0 Å². The molecule has 6 heterocycles. The third-order valence-electron chi connectivity index (χ3n) is 25.6. The quantitative estimate of drug-likeness (QED) is 0.110. The summed E-state index contributed by atoms with van der Waals surface area (Å²) in [7, 11) is 0. The third-order valence-corrected chi connectivity index (χ3v) is 28.3. The van der Waals surface area contributed by atoms with E-state index < -0.39 is 0 Å². The van der Waals surface area contributed by atoms with E-state index in [9.17, 15) is 0 Å². The molecule has 8 nitrogen and oxygen atoms in total. The Balaban J connectivity index is 0.000000125. The summed E-state index contributed by atoms with van der Waals surface area (Å²) in [6.45, 7) is 0. The van der Waals surface area contributed by atoms with Gasteiger partial charge in [0.2, 0.25) is 11.9 Å². The van der Waals surface area contributed by atoms with Crippen molar-refractivity contribution in [3.63, 3.8) is 0 Å². The topological polar surface area (TPSA) is 76.7 Å². The minimum Gasteiger partial charge on any atom is -0.356 e. The Hall–Kier alpha value is -16.8. The van der Waals surface area contributed by atoms with Crippen molar-refractivity contribution in [2.75, 3.05) is 10.2 Å². The molecule has 0 saturated carbocycles. The molecule has 0 amide bonds. The molecule has 1 N–H and O–H groups in total. The summed E-state index contributed by atoms with van der Waals surface area (Å²) in [5, 5.41) is 15.3. The lowest BCUT2D eigenvalue weighted by Gasteiger charge is -2.26. The number of hydrogen-bond donors (Lipinski definition) is 1. The fraction of sp³-hybridized carbons (Fsp3) is 0. The van der Waals surface area contributed by atoms with E-state index in [2.05, 4.69) is 484 Å². The highest BCUT2D eigenvalue weighted by Gasteiger charge is 2.24. The number of nitrogens with one attached hydrogen (secondary N) is 1. The van der Waals surface area contributed by atoms with Crippen molar-refractivity contribution >= 4 is 173 Å². The van der Waals surface area contributed by atoms with Gasteiger partial charge in [-0.2, -0.15) is 0 Å². The van der Waals surface area contributed by atoms with Crippen LogP contribution in [0.2, 0.25) is 0 Å². The Morgan fingerprint density at radius 1 is 0.200 bits per heavy atom. The van der Waals surface area contributed by atoms with E-state index in [-0.39, 0.29) is 0 Å². The molecule has 135 heavy (non-hydrogen) atoms. The molecule has 0 aliphatic heterocycles. The van der Waals surface area contributed by atoms with Gasteiger partial charge in [-0.3, -0.25) is 9.13 Å². The zero-order chi connectivity index (χ0) is 89.7. The number of rotatable bonds is 15. The Morgan fingerprint density at radius 3 is 0.911 bits per heavy atom. The Bertz CT molecular complexity index is 8760. The zero-order valence-corrected chi connectivity index (χ0v) is 76.2. The highest BCUT2D eigenvalue weighted by atomic mass is 79.9. The summed E-state index contributed by atoms with van der Waals surface area (Å²) < 4.78 is 10.7. The number of benzene rings is 20. The average Bonchev–Trinajstić information content (AvgIpc) is 1.58. The minimum absolute atomic E-state index is 0.662. The van der Waals surface area contributed by atoms with Crippen molar-refractivity contribution in [2.24, 2.45) is 0 Å². The summed E-state index contributed by atoms with van der Waals surface area (Å²) in [5.41, 5.74) is 30.2. The maximum absolute atomic E-state index is 5.28. The fourth-order valence-corrected chi connectivity index (χ4v) is 21.6. The van der Waals surface area contributed by atoms with Crippen molar-refractivity contribution < 1.29 is 0 Å². The van der Waals surface area contributed by atoms with Gasteiger partial charge in [-0.05, 0) is 212 Å². The van der Waals surface area contributed by atoms with Crippen molar-refractivity contribution in [2.45, 2.75) is 0 Å². The Kier molecular flexibility index (Phi) is 21.4. The molecular weight excluding hydrogens is 1750 g/mol. The third kappa shape index (κ3) is 15.9. The first-order valence-electron chi connectivity index (χ1n) is 45.3. The number of hydrogen-bond acceptors (Lipinski definition) is 8. The van der Waals surface area contributed by atoms with Crippen LogP contribution in [0.4, 0.5) is 28.4 Å². The number of thiophene rings is 2. The molecule has 0 unspecified atom stereocenters. The minimum atomic E-state index is 0.662. The molecule has 26 rings (SSSR count). The van der Waals surface area contributed by atoms with E-state index in [1.165, 1.54) is 129 Å². The molecule has 0 radical (unpaired) electrons. The maximum Gasteiger partial charge on any atom is 0.235 e. The van der Waals surface area contributed by atoms with Gasteiger partial charge in [-0.25, -0.2) is 19.9 Å². The molecule has 6 aromatic heterocycles. The lowest BCUT2D eigenvalue weighted by molar-refractivity contribution is 1.01. The van der Waals surface area contributed by atoms with E-state index >= 15 is 0 Å². The average molecular weight is 1830 g/mol. The Labute approximate surface area is 796 Å². The normalized spacial score (nSPS) is 11.4. The molecule has 20 aromatic carbocycles. The van der Waals surface area contributed by atoms with Crippen LogP contribution in [0.25, 0.3) is 207 Å². The first-order chi connectivity index (χ1) is 66.8. The maximum atomic E-state index is 5.28. The molecular formula is C124H81BrN8S2. The van der Waals surface area contributed by atoms with E-state index in [1.54, 1.807) is 0 Å². The molecule has 0 saturated heterocycles. The molecule has 11 heteroatoms. The summed E-state index contributed by atoms with van der Waals surface area (Å²) in [6.07, 6.45) is 0. The number of anilines is 5. The highest BCUT2D eigenvalue weighted by molar-refractivity contribution is 9.10. The van der Waals surface area contributed by atoms with Gasteiger partial charge in [0.15, 0.2) is 0 Å². The molecule has 0 bridgehead atoms. The van der Waals surface area contributed by atoms with E-state index in [0.29, 0.717) is 11.9 Å². The number of aromatic nitrogens is 6. The van der Waals surface area contributed by atoms with Gasteiger partial charge in [0.1, 0.15) is 0 Å². The SMILES string of the molecule is Brc1ccc2sc3cc(-c4ccc5c(c4)c4ccccc4n5-c4nc(-c5ccccc5)c5ccccc5n4)ccc3c2c1.c1ccc(-c2ccc(N(c3ccc(-c4ccccc4)cc3)c3ccc4sc5cc(-c6ccc7c(c6)c6ccccc6n7-c6nc(-c7ccccc7)c7ccccc7n6)ccc5c4c3)cc2)cc1.c1ccc(-c2ccc(Nc3ccc(-c4ccccc4)cc3)cc2)cc1. The number of nitrogens with zero attached hydrogens (tertiary/aromatic N) is 7. The lowest BCUT2D eigenvalue weighted by Crippen LogP contribution is -2.09. The molecule has 636 valence electrons. The summed E-state index contributed by atoms with van der Waals surface area (Å²) in [6, 6.07) is 172. The lowest BCUT2D eigenvalue weighted by atomic mass is 10.0. The van der Waals surface area contributed by atoms with Gasteiger partial charge < -0.3 is 10.2 Å². The predicted octanol–water partition coefficient (Wildman–Crippen LogP) is 35.2. The van der Waals surface area contributed by atoms with Crippen LogP contribution in [-0.2, 0) is 0 Å². The number of halogens is 1. The van der Waals surface area contributed by atoms with Crippen molar-refractivity contribution in [3.05, 3.63) is 490 Å². The van der Waals surface area contributed by atoms with Crippen molar-refractivity contribution in [1.82, 2.24) is 29.1 Å². The van der Waals surface area contributed by atoms with Gasteiger partial charge >= 0.3 is 0 Å². The second-order valence-electron chi connectivity index (χ2n) is 33.8. The van der Waals surface area contributed by atoms with Crippen LogP contribution < -0.4 is 10.2 Å². The zero-order valence-electron chi connectivity index (χ0n) is 73.0. The monoisotopic (exact) mass is 1820 g/mol. The van der Waals surface area contributed by atoms with Gasteiger partial charge in [0.25, 0.3) is 0 Å². The first-order valence-corrected chi connectivity index (χ1v) is 47.7. The van der Waals surface area contributed by atoms with Crippen LogP contribution >= 0.6 is 38.6 Å². The van der Waals surface area contributed by atoms with E-state index in [1.807, 2.05) is 59.1 Å². The number of fused-ring (bicyclic) bond motifs is 14. The van der Waals surface area contributed by atoms with Crippen molar-refractivity contribution in [3.8, 4) is 101 Å². The van der Waals surface area contributed by atoms with Gasteiger partial charge in [-0.1, -0.05) is 356 Å². The fourth-order valence-electron chi connectivity index (χ4n) is 18.9. The van der Waals surface area contributed by atoms with Crippen LogP contribution in [0.5, 0.6) is 0 Å². The van der Waals surface area contributed by atoms with E-state index in [4.69, 9.17) is 19.9 Å². The first kappa shape index (κ1) is 81.4. The van der Waals surface area contributed by atoms with Crippen LogP contribution in [-0.4, -0.2) is 29.1 Å². The van der Waals surface area contributed by atoms with E-state index in [0.717, 1.165) is 99.3 Å². The second kappa shape index (κ2) is 35.5. The standard InChI is InChI=1S/C62H40N4S.C38H22BrN3S.C24H19N/c1-4-14-41(15-5-1)43-24-30-48(31-25-43)65(49-32-26-44(27-33-49)42-16-6-2-7-17-42)50-34-37-59-55(40-50)52-35-28-47(39-60(52)67-59)46-29-36-58-54(38-46)51-20-11-13-23-57(51)66(58)62-63-56-22-12-10-21-53(56)61(64-62)45-18-8-3-9-19-45;39-26-16-19-35-31(22-26)28-17-14-25(21-36(28)43-35)24-15-18-34-30(20-24)27-10-5-7-13-33(27)42(34)38-40-32-12-6-4-11-29(32)37(41-38)23-8-2-1-3-9-23;1-3-7-19(8-4-1)21-11-15-23(16-12-21)25-24-17-13-22(14-18-24)20-9-5-2-6-10-20/h1-40H;1-22H;1-18,25H. The largest absolute Gasteiger partial charge is 0.356 e. The van der Waals surface area contributed by atoms with Crippen molar-refractivity contribution in [1.29, 1.82) is 0 Å². The van der Waals surface area contributed by atoms with Crippen LogP contribution in [0.3, 0.4) is 0 Å². The van der Waals surface area contributed by atoms with Crippen LogP contribution in [0, 0.1) is 0 Å². The molecule has 0 aliphatic rings. The summed E-state index contributed by atoms with van der Waals surface area (Å²) >= 11 is 7.33. The summed E-state index contributed by atoms with van der Waals surface area (Å²) in [4.78, 5) is 23.1. The van der Waals surface area contributed by atoms with Gasteiger partial charge in [-0.15, -0.1) is 22.7 Å². The molecule has 26 aromatic rings. The van der Waals surface area contributed by atoms with Gasteiger partial charge in [0, 0.05) is 117 Å². The highest BCUT2D eigenvalue weighted by Crippen LogP contribution is 2.47. The van der Waals surface area contributed by atoms with Crippen LogP contribution in [0.15, 0.2) is 490 Å². The molecule has 0 spiro atoms. The summed E-state index contributed by atoms with van der Waals surface area (Å²) in [5.74, 6) is 1.34. The van der Waals surface area contributed by atoms with Gasteiger partial charge in [0.05, 0.1) is 44.5 Å². The smallest absolute Gasteiger partial charge is 0.235 e. The molecule has 0 aliphatic carbocycles.